The van der Waals surface area contributed by atoms with Gasteiger partial charge in [0.25, 0.3) is 0 Å². The first-order chi connectivity index (χ1) is 15.9. The summed E-state index contributed by atoms with van der Waals surface area (Å²) in [6.45, 7) is 3.84. The van der Waals surface area contributed by atoms with Gasteiger partial charge in [0, 0.05) is 21.7 Å². The zero-order chi connectivity index (χ0) is 23.8. The van der Waals surface area contributed by atoms with Crippen LogP contribution in [0.15, 0.2) is 71.6 Å². The van der Waals surface area contributed by atoms with Gasteiger partial charge in [0.05, 0.1) is 24.5 Å². The molecule has 1 unspecified atom stereocenters. The van der Waals surface area contributed by atoms with Crippen LogP contribution in [-0.4, -0.2) is 24.2 Å². The normalized spacial score (nSPS) is 11.5. The fourth-order valence-corrected chi connectivity index (χ4v) is 4.43. The molecule has 0 aromatic heterocycles. The van der Waals surface area contributed by atoms with Gasteiger partial charge >= 0.3 is 0 Å². The number of aryl methyl sites for hydroxylation is 1. The van der Waals surface area contributed by atoms with Crippen LogP contribution >= 0.6 is 23.4 Å². The minimum Gasteiger partial charge on any atom is -0.495 e. The van der Waals surface area contributed by atoms with Crippen molar-refractivity contribution in [1.82, 2.24) is 0 Å². The van der Waals surface area contributed by atoms with Gasteiger partial charge in [-0.05, 0) is 48.7 Å². The van der Waals surface area contributed by atoms with Crippen molar-refractivity contribution in [2.24, 2.45) is 0 Å². The third-order valence-corrected chi connectivity index (χ3v) is 6.77. The van der Waals surface area contributed by atoms with Gasteiger partial charge in [-0.1, -0.05) is 54.9 Å². The molecule has 3 aromatic carbocycles. The van der Waals surface area contributed by atoms with Crippen LogP contribution in [0.2, 0.25) is 5.02 Å². The summed E-state index contributed by atoms with van der Waals surface area (Å²) in [5.74, 6) is 0.307. The van der Waals surface area contributed by atoms with Crippen molar-refractivity contribution in [1.29, 1.82) is 0 Å². The molecule has 0 saturated carbocycles. The van der Waals surface area contributed by atoms with Gasteiger partial charge in [-0.15, -0.1) is 11.8 Å². The number of halogens is 1. The molecule has 172 valence electrons. The summed E-state index contributed by atoms with van der Waals surface area (Å²) >= 11 is 7.62. The van der Waals surface area contributed by atoms with E-state index in [-0.39, 0.29) is 17.1 Å². The summed E-state index contributed by atoms with van der Waals surface area (Å²) in [5, 5.41) is 6.16. The summed E-state index contributed by atoms with van der Waals surface area (Å²) in [6.07, 6.45) is 0.941. The summed E-state index contributed by atoms with van der Waals surface area (Å²) in [6, 6.07) is 20.6. The lowest BCUT2D eigenvalue weighted by Crippen LogP contribution is -2.25. The van der Waals surface area contributed by atoms with Gasteiger partial charge in [0.15, 0.2) is 0 Å². The molecule has 0 aliphatic heterocycles. The van der Waals surface area contributed by atoms with Crippen molar-refractivity contribution in [2.75, 3.05) is 17.7 Å². The molecule has 0 fully saturated rings. The number of benzene rings is 3. The average Bonchev–Trinajstić information content (AvgIpc) is 2.80. The number of nitrogens with one attached hydrogen (secondary N) is 2. The van der Waals surface area contributed by atoms with E-state index in [1.807, 2.05) is 68.4 Å². The lowest BCUT2D eigenvalue weighted by Gasteiger charge is -2.17. The Morgan fingerprint density at radius 2 is 1.79 bits per heavy atom. The maximum absolute atomic E-state index is 13.0. The van der Waals surface area contributed by atoms with Crippen LogP contribution in [0.3, 0.4) is 0 Å². The molecular weight excluding hydrogens is 456 g/mol. The van der Waals surface area contributed by atoms with Gasteiger partial charge in [-0.25, -0.2) is 0 Å². The van der Waals surface area contributed by atoms with Crippen molar-refractivity contribution in [3.8, 4) is 5.75 Å². The van der Waals surface area contributed by atoms with E-state index in [0.717, 1.165) is 16.0 Å². The maximum Gasteiger partial charge on any atom is 0.237 e. The van der Waals surface area contributed by atoms with E-state index in [9.17, 15) is 9.59 Å². The molecule has 33 heavy (non-hydrogen) atoms. The summed E-state index contributed by atoms with van der Waals surface area (Å²) < 4.78 is 5.36. The average molecular weight is 483 g/mol. The van der Waals surface area contributed by atoms with Gasteiger partial charge < -0.3 is 15.4 Å². The largest absolute Gasteiger partial charge is 0.495 e. The highest BCUT2D eigenvalue weighted by Crippen LogP contribution is 2.33. The standard InChI is InChI=1S/C26H27ClN2O3S/c1-4-24(26(31)29-22-13-17(2)21(27)16-23(22)32-3)33-20-12-8-11-19(15-20)28-25(30)14-18-9-6-5-7-10-18/h5-13,15-16,24H,4,14H2,1-3H3,(H,28,30)(H,29,31). The number of rotatable bonds is 9. The molecule has 7 heteroatoms. The zero-order valence-corrected chi connectivity index (χ0v) is 20.4. The first kappa shape index (κ1) is 24.7. The Kier molecular flexibility index (Phi) is 8.80. The molecule has 3 rings (SSSR count). The molecule has 2 amide bonds. The Bertz CT molecular complexity index is 1120. The molecule has 2 N–H and O–H groups in total. The first-order valence-electron chi connectivity index (χ1n) is 10.6. The second-order valence-corrected chi connectivity index (χ2v) is 9.23. The number of carbonyl (C=O) groups is 2. The van der Waals surface area contributed by atoms with Gasteiger partial charge in [0.1, 0.15) is 5.75 Å². The molecule has 0 bridgehead atoms. The Morgan fingerprint density at radius 3 is 2.48 bits per heavy atom. The Balaban J connectivity index is 1.66. The van der Waals surface area contributed by atoms with E-state index in [1.165, 1.54) is 11.8 Å². The molecule has 3 aromatic rings. The number of ether oxygens (including phenoxy) is 1. The van der Waals surface area contributed by atoms with E-state index >= 15 is 0 Å². The van der Waals surface area contributed by atoms with Crippen molar-refractivity contribution >= 4 is 46.6 Å². The Labute approximate surface area is 203 Å². The van der Waals surface area contributed by atoms with E-state index in [0.29, 0.717) is 35.0 Å². The molecule has 0 aliphatic rings. The number of hydrogen-bond donors (Lipinski definition) is 2. The number of methoxy groups -OCH3 is 1. The van der Waals surface area contributed by atoms with Crippen molar-refractivity contribution < 1.29 is 14.3 Å². The van der Waals surface area contributed by atoms with E-state index in [4.69, 9.17) is 16.3 Å². The lowest BCUT2D eigenvalue weighted by molar-refractivity contribution is -0.116. The van der Waals surface area contributed by atoms with Crippen LogP contribution in [0, 0.1) is 6.92 Å². The topological polar surface area (TPSA) is 67.4 Å². The number of thioether (sulfide) groups is 1. The fraction of sp³-hybridized carbons (Fsp3) is 0.231. The molecule has 5 nitrogen and oxygen atoms in total. The Hall–Kier alpha value is -2.96. The number of anilines is 2. The minimum atomic E-state index is -0.319. The van der Waals surface area contributed by atoms with Crippen molar-refractivity contribution in [3.63, 3.8) is 0 Å². The monoisotopic (exact) mass is 482 g/mol. The van der Waals surface area contributed by atoms with E-state index in [1.54, 1.807) is 19.2 Å². The molecule has 0 aliphatic carbocycles. The quantitative estimate of drug-likeness (QED) is 0.349. The van der Waals surface area contributed by atoms with Crippen LogP contribution in [0.1, 0.15) is 24.5 Å². The summed E-state index contributed by atoms with van der Waals surface area (Å²) in [5.41, 5.74) is 3.10. The number of hydrogen-bond acceptors (Lipinski definition) is 4. The predicted octanol–water partition coefficient (Wildman–Crippen LogP) is 6.35. The molecule has 0 spiro atoms. The smallest absolute Gasteiger partial charge is 0.237 e. The molecule has 0 radical (unpaired) electrons. The molecule has 1 atom stereocenters. The SMILES string of the molecule is CCC(Sc1cccc(NC(=O)Cc2ccccc2)c1)C(=O)Nc1cc(C)c(Cl)cc1OC. The van der Waals surface area contributed by atoms with Gasteiger partial charge in [-0.3, -0.25) is 9.59 Å². The minimum absolute atomic E-state index is 0.0849. The predicted molar refractivity (Wildman–Crippen MR) is 137 cm³/mol. The summed E-state index contributed by atoms with van der Waals surface area (Å²) in [7, 11) is 1.54. The van der Waals surface area contributed by atoms with Gasteiger partial charge in [0.2, 0.25) is 11.8 Å². The highest BCUT2D eigenvalue weighted by Gasteiger charge is 2.20. The van der Waals surface area contributed by atoms with Crippen LogP contribution in [-0.2, 0) is 16.0 Å². The van der Waals surface area contributed by atoms with Crippen LogP contribution in [0.25, 0.3) is 0 Å². The third kappa shape index (κ3) is 7.01. The zero-order valence-electron chi connectivity index (χ0n) is 18.9. The summed E-state index contributed by atoms with van der Waals surface area (Å²) in [4.78, 5) is 26.3. The molecular formula is C26H27ClN2O3S. The Morgan fingerprint density at radius 1 is 1.03 bits per heavy atom. The number of amides is 2. The van der Waals surface area contributed by atoms with Crippen LogP contribution in [0.5, 0.6) is 5.75 Å². The first-order valence-corrected chi connectivity index (χ1v) is 11.9. The van der Waals surface area contributed by atoms with Crippen molar-refractivity contribution in [3.05, 3.63) is 82.9 Å². The van der Waals surface area contributed by atoms with Crippen molar-refractivity contribution in [2.45, 2.75) is 36.8 Å². The lowest BCUT2D eigenvalue weighted by atomic mass is 10.1. The molecule has 0 saturated heterocycles. The fourth-order valence-electron chi connectivity index (χ4n) is 3.26. The second kappa shape index (κ2) is 11.8. The number of carbonyl (C=O) groups excluding carboxylic acids is 2. The van der Waals surface area contributed by atoms with E-state index in [2.05, 4.69) is 10.6 Å². The second-order valence-electron chi connectivity index (χ2n) is 7.54. The van der Waals surface area contributed by atoms with E-state index < -0.39 is 0 Å². The molecule has 0 heterocycles. The van der Waals surface area contributed by atoms with Crippen LogP contribution in [0.4, 0.5) is 11.4 Å². The third-order valence-electron chi connectivity index (χ3n) is 5.01. The van der Waals surface area contributed by atoms with Crippen LogP contribution < -0.4 is 15.4 Å². The maximum atomic E-state index is 13.0. The van der Waals surface area contributed by atoms with Gasteiger partial charge in [-0.2, -0.15) is 0 Å². The highest BCUT2D eigenvalue weighted by atomic mass is 35.5. The highest BCUT2D eigenvalue weighted by molar-refractivity contribution is 8.00.